The summed E-state index contributed by atoms with van der Waals surface area (Å²) in [5.74, 6) is -0.923. The van der Waals surface area contributed by atoms with Crippen molar-refractivity contribution in [3.63, 3.8) is 0 Å². The molecule has 1 unspecified atom stereocenters. The maximum absolute atomic E-state index is 12.6. The van der Waals surface area contributed by atoms with Crippen molar-refractivity contribution in [2.45, 2.75) is 244 Å². The van der Waals surface area contributed by atoms with E-state index < -0.39 is 51.8 Å². The van der Waals surface area contributed by atoms with Crippen LogP contribution in [0.1, 0.15) is 232 Å². The van der Waals surface area contributed by atoms with Crippen LogP contribution >= 0.6 is 7.82 Å². The molecule has 0 aliphatic heterocycles. The molecule has 11 heteroatoms. The first kappa shape index (κ1) is 55.7. The van der Waals surface area contributed by atoms with Gasteiger partial charge >= 0.3 is 19.8 Å². The fourth-order valence-corrected chi connectivity index (χ4v) is 7.54. The molecule has 0 fully saturated rings. The summed E-state index contributed by atoms with van der Waals surface area (Å²) in [5.41, 5.74) is 0. The third-order valence-corrected chi connectivity index (χ3v) is 11.4. The maximum atomic E-state index is 12.6. The fraction of sp³-hybridized carbons (Fsp3) is 0.913. The molecule has 0 amide bonds. The molecule has 57 heavy (non-hydrogen) atoms. The summed E-state index contributed by atoms with van der Waals surface area (Å²) in [6.07, 6.45) is 41.9. The van der Waals surface area contributed by atoms with Crippen LogP contribution in [0, 0.1) is 0 Å². The molecule has 0 aromatic rings. The Balaban J connectivity index is 4.11. The van der Waals surface area contributed by atoms with Crippen molar-refractivity contribution < 1.29 is 47.8 Å². The van der Waals surface area contributed by atoms with Crippen LogP contribution in [0.2, 0.25) is 0 Å². The van der Waals surface area contributed by atoms with E-state index in [1.807, 2.05) is 0 Å². The SMILES string of the molecule is CCCCC/C=C/CCCCCCCC(=O)O[C@H](COC(=O)CCCCCCCCCCCCCCCCCCCCCCCC)COP(=O)(O)OC[C@H](O)CO. The average molecular weight is 833 g/mol. The summed E-state index contributed by atoms with van der Waals surface area (Å²) in [7, 11) is -4.61. The number of aliphatic hydroxyl groups is 2. The summed E-state index contributed by atoms with van der Waals surface area (Å²) < 4.78 is 32.7. The lowest BCUT2D eigenvalue weighted by atomic mass is 10.0. The number of hydrogen-bond donors (Lipinski definition) is 3. The molecule has 0 spiro atoms. The minimum absolute atomic E-state index is 0.178. The van der Waals surface area contributed by atoms with Gasteiger partial charge in [-0.1, -0.05) is 193 Å². The van der Waals surface area contributed by atoms with E-state index in [-0.39, 0.29) is 19.4 Å². The molecule has 0 aliphatic carbocycles. The minimum atomic E-state index is -4.61. The number of carbonyl (C=O) groups is 2. The zero-order chi connectivity index (χ0) is 41.9. The Kier molecular flexibility index (Phi) is 41.9. The number of phosphoric acid groups is 1. The van der Waals surface area contributed by atoms with E-state index in [1.165, 1.54) is 135 Å². The zero-order valence-electron chi connectivity index (χ0n) is 36.8. The molecule has 3 N–H and O–H groups in total. The van der Waals surface area contributed by atoms with Gasteiger partial charge in [0.05, 0.1) is 19.8 Å². The second-order valence-corrected chi connectivity index (χ2v) is 17.6. The van der Waals surface area contributed by atoms with Crippen molar-refractivity contribution in [3.8, 4) is 0 Å². The van der Waals surface area contributed by atoms with E-state index in [9.17, 15) is 24.2 Å². The lowest BCUT2D eigenvalue weighted by Crippen LogP contribution is -2.29. The van der Waals surface area contributed by atoms with Gasteiger partial charge in [0, 0.05) is 12.8 Å². The molecular formula is C46H89O10P. The number of rotatable bonds is 45. The number of esters is 2. The molecule has 0 aromatic carbocycles. The molecule has 0 rings (SSSR count). The second-order valence-electron chi connectivity index (χ2n) is 16.1. The van der Waals surface area contributed by atoms with Crippen LogP contribution in [0.4, 0.5) is 0 Å². The largest absolute Gasteiger partial charge is 0.472 e. The molecule has 0 aromatic heterocycles. The normalized spacial score (nSPS) is 13.8. The van der Waals surface area contributed by atoms with Crippen LogP contribution in [-0.4, -0.2) is 65.7 Å². The molecule has 0 radical (unpaired) electrons. The van der Waals surface area contributed by atoms with Gasteiger partial charge in [-0.3, -0.25) is 18.6 Å². The van der Waals surface area contributed by atoms with Gasteiger partial charge in [-0.05, 0) is 38.5 Å². The van der Waals surface area contributed by atoms with Gasteiger partial charge in [-0.15, -0.1) is 0 Å². The lowest BCUT2D eigenvalue weighted by molar-refractivity contribution is -0.161. The van der Waals surface area contributed by atoms with Crippen LogP contribution in [0.5, 0.6) is 0 Å². The van der Waals surface area contributed by atoms with Crippen LogP contribution in [0.25, 0.3) is 0 Å². The highest BCUT2D eigenvalue weighted by atomic mass is 31.2. The van der Waals surface area contributed by atoms with Crippen molar-refractivity contribution in [1.29, 1.82) is 0 Å². The highest BCUT2D eigenvalue weighted by Gasteiger charge is 2.27. The van der Waals surface area contributed by atoms with Crippen LogP contribution in [0.3, 0.4) is 0 Å². The Morgan fingerprint density at radius 1 is 0.509 bits per heavy atom. The van der Waals surface area contributed by atoms with Crippen molar-refractivity contribution >= 4 is 19.8 Å². The first-order chi connectivity index (χ1) is 27.7. The Hall–Kier alpha value is -1.29. The second kappa shape index (κ2) is 42.8. The maximum Gasteiger partial charge on any atom is 0.472 e. The monoisotopic (exact) mass is 833 g/mol. The highest BCUT2D eigenvalue weighted by molar-refractivity contribution is 7.47. The third kappa shape index (κ3) is 42.6. The Labute approximate surface area is 349 Å². The molecular weight excluding hydrogens is 743 g/mol. The Morgan fingerprint density at radius 3 is 1.30 bits per heavy atom. The van der Waals surface area contributed by atoms with E-state index in [1.54, 1.807) is 0 Å². The van der Waals surface area contributed by atoms with Gasteiger partial charge in [0.15, 0.2) is 6.10 Å². The van der Waals surface area contributed by atoms with Crippen LogP contribution < -0.4 is 0 Å². The minimum Gasteiger partial charge on any atom is -0.462 e. The van der Waals surface area contributed by atoms with Gasteiger partial charge in [-0.25, -0.2) is 4.57 Å². The van der Waals surface area contributed by atoms with Crippen LogP contribution in [0.15, 0.2) is 12.2 Å². The molecule has 0 bridgehead atoms. The van der Waals surface area contributed by atoms with Gasteiger partial charge in [-0.2, -0.15) is 0 Å². The van der Waals surface area contributed by atoms with Crippen LogP contribution in [-0.2, 0) is 32.7 Å². The summed E-state index contributed by atoms with van der Waals surface area (Å²) >= 11 is 0. The van der Waals surface area contributed by atoms with Gasteiger partial charge in [0.25, 0.3) is 0 Å². The summed E-state index contributed by atoms with van der Waals surface area (Å²) in [6, 6.07) is 0. The predicted molar refractivity (Wildman–Crippen MR) is 233 cm³/mol. The van der Waals surface area contributed by atoms with E-state index in [0.29, 0.717) is 12.8 Å². The topological polar surface area (TPSA) is 149 Å². The van der Waals surface area contributed by atoms with Crippen molar-refractivity contribution in [2.24, 2.45) is 0 Å². The van der Waals surface area contributed by atoms with E-state index in [0.717, 1.165) is 57.8 Å². The molecule has 10 nitrogen and oxygen atoms in total. The van der Waals surface area contributed by atoms with E-state index in [2.05, 4.69) is 26.0 Å². The number of hydrogen-bond acceptors (Lipinski definition) is 9. The number of unbranched alkanes of at least 4 members (excludes halogenated alkanes) is 29. The first-order valence-electron chi connectivity index (χ1n) is 23.6. The molecule has 3 atom stereocenters. The van der Waals surface area contributed by atoms with Gasteiger partial charge < -0.3 is 24.6 Å². The number of allylic oxidation sites excluding steroid dienone is 2. The lowest BCUT2D eigenvalue weighted by Gasteiger charge is -2.20. The number of phosphoric ester groups is 1. The number of ether oxygens (including phenoxy) is 2. The van der Waals surface area contributed by atoms with E-state index in [4.69, 9.17) is 23.6 Å². The van der Waals surface area contributed by atoms with Crippen molar-refractivity contribution in [3.05, 3.63) is 12.2 Å². The standard InChI is InChI=1S/C46H89O10P/c1-3-5-7-9-11-13-15-17-18-19-20-21-22-23-24-25-26-28-29-31-33-35-37-45(49)53-41-44(42-55-57(51,52)54-40-43(48)39-47)56-46(50)38-36-34-32-30-27-16-14-12-10-8-6-4-2/h12,14,43-44,47-48H,3-11,13,15-42H2,1-2H3,(H,51,52)/b14-12+/t43-,44-/m1/s1. The average Bonchev–Trinajstić information content (AvgIpc) is 3.20. The fourth-order valence-electron chi connectivity index (χ4n) is 6.75. The summed E-state index contributed by atoms with van der Waals surface area (Å²) in [5, 5.41) is 18.3. The highest BCUT2D eigenvalue weighted by Crippen LogP contribution is 2.43. The van der Waals surface area contributed by atoms with Crippen molar-refractivity contribution in [2.75, 3.05) is 26.4 Å². The van der Waals surface area contributed by atoms with Gasteiger partial charge in [0.1, 0.15) is 12.7 Å². The number of carbonyl (C=O) groups excluding carboxylic acids is 2. The summed E-state index contributed by atoms with van der Waals surface area (Å²) in [6.45, 7) is 2.38. The predicted octanol–water partition coefficient (Wildman–Crippen LogP) is 12.8. The third-order valence-electron chi connectivity index (χ3n) is 10.4. The Bertz CT molecular complexity index is 961. The van der Waals surface area contributed by atoms with Gasteiger partial charge in [0.2, 0.25) is 0 Å². The molecule has 0 aliphatic rings. The smallest absolute Gasteiger partial charge is 0.462 e. The quantitative estimate of drug-likeness (QED) is 0.0234. The number of aliphatic hydroxyl groups excluding tert-OH is 2. The molecule has 0 saturated heterocycles. The Morgan fingerprint density at radius 2 is 0.860 bits per heavy atom. The molecule has 0 saturated carbocycles. The molecule has 338 valence electrons. The van der Waals surface area contributed by atoms with E-state index >= 15 is 0 Å². The summed E-state index contributed by atoms with van der Waals surface area (Å²) in [4.78, 5) is 35.0. The molecule has 0 heterocycles. The van der Waals surface area contributed by atoms with Crippen molar-refractivity contribution in [1.82, 2.24) is 0 Å². The first-order valence-corrected chi connectivity index (χ1v) is 25.1. The zero-order valence-corrected chi connectivity index (χ0v) is 37.7.